The number of rotatable bonds is 2. The Hall–Kier alpha value is -0.540. The van der Waals surface area contributed by atoms with E-state index >= 15 is 0 Å². The van der Waals surface area contributed by atoms with Gasteiger partial charge in [0.2, 0.25) is 0 Å². The molecule has 0 heterocycles. The zero-order valence-electron chi connectivity index (χ0n) is 8.89. The molecule has 0 bridgehead atoms. The van der Waals surface area contributed by atoms with E-state index in [0.29, 0.717) is 0 Å². The van der Waals surface area contributed by atoms with Crippen LogP contribution in [0, 0.1) is 6.92 Å². The van der Waals surface area contributed by atoms with Crippen LogP contribution >= 0.6 is 15.9 Å². The van der Waals surface area contributed by atoms with E-state index in [2.05, 4.69) is 15.9 Å². The van der Waals surface area contributed by atoms with Crippen molar-refractivity contribution in [3.63, 3.8) is 0 Å². The topological polar surface area (TPSA) is 29.5 Å². The highest BCUT2D eigenvalue weighted by Crippen LogP contribution is 2.33. The molecule has 0 saturated heterocycles. The van der Waals surface area contributed by atoms with Crippen molar-refractivity contribution < 1.29 is 9.84 Å². The molecule has 1 aromatic rings. The average Bonchev–Trinajstić information content (AvgIpc) is 2.01. The number of methoxy groups -OCH3 is 1. The molecule has 0 spiro atoms. The van der Waals surface area contributed by atoms with Crippen molar-refractivity contribution in [2.75, 3.05) is 7.11 Å². The van der Waals surface area contributed by atoms with E-state index in [0.717, 1.165) is 21.3 Å². The number of hydrogen-bond acceptors (Lipinski definition) is 2. The van der Waals surface area contributed by atoms with Gasteiger partial charge in [0, 0.05) is 0 Å². The van der Waals surface area contributed by atoms with Crippen LogP contribution in [0.15, 0.2) is 16.6 Å². The van der Waals surface area contributed by atoms with E-state index in [1.807, 2.05) is 19.1 Å². The van der Waals surface area contributed by atoms with Gasteiger partial charge in [-0.2, -0.15) is 0 Å². The Morgan fingerprint density at radius 2 is 1.93 bits per heavy atom. The van der Waals surface area contributed by atoms with Gasteiger partial charge in [-0.15, -0.1) is 0 Å². The van der Waals surface area contributed by atoms with Gasteiger partial charge in [0.25, 0.3) is 0 Å². The van der Waals surface area contributed by atoms with Gasteiger partial charge >= 0.3 is 0 Å². The largest absolute Gasteiger partial charge is 0.495 e. The third kappa shape index (κ3) is 2.28. The number of aryl methyl sites for hydroxylation is 1. The molecule has 3 heteroatoms. The van der Waals surface area contributed by atoms with Crippen LogP contribution in [0.3, 0.4) is 0 Å². The van der Waals surface area contributed by atoms with Crippen LogP contribution in [-0.2, 0) is 5.60 Å². The van der Waals surface area contributed by atoms with Gasteiger partial charge in [-0.3, -0.25) is 0 Å². The highest BCUT2D eigenvalue weighted by molar-refractivity contribution is 9.10. The van der Waals surface area contributed by atoms with E-state index in [9.17, 15) is 5.11 Å². The Labute approximate surface area is 93.0 Å². The third-order valence-corrected chi connectivity index (χ3v) is 2.73. The molecule has 1 rings (SSSR count). The van der Waals surface area contributed by atoms with Crippen LogP contribution < -0.4 is 4.74 Å². The van der Waals surface area contributed by atoms with Crippen molar-refractivity contribution >= 4 is 15.9 Å². The molecule has 0 saturated carbocycles. The Balaban J connectivity index is 3.28. The van der Waals surface area contributed by atoms with Gasteiger partial charge in [-0.05, 0) is 60.0 Å². The van der Waals surface area contributed by atoms with Gasteiger partial charge in [0.15, 0.2) is 0 Å². The second-order valence-corrected chi connectivity index (χ2v) is 4.72. The summed E-state index contributed by atoms with van der Waals surface area (Å²) in [4.78, 5) is 0. The summed E-state index contributed by atoms with van der Waals surface area (Å²) >= 11 is 3.41. The van der Waals surface area contributed by atoms with Gasteiger partial charge in [-0.1, -0.05) is 0 Å². The van der Waals surface area contributed by atoms with E-state index in [1.54, 1.807) is 21.0 Å². The zero-order chi connectivity index (χ0) is 10.9. The van der Waals surface area contributed by atoms with Crippen LogP contribution in [0.1, 0.15) is 25.0 Å². The predicted octanol–water partition coefficient (Wildman–Crippen LogP) is 2.99. The van der Waals surface area contributed by atoms with Crippen molar-refractivity contribution in [2.24, 2.45) is 0 Å². The van der Waals surface area contributed by atoms with Gasteiger partial charge in [0.05, 0.1) is 17.2 Å². The Morgan fingerprint density at radius 3 is 2.29 bits per heavy atom. The molecule has 0 aliphatic heterocycles. The Kier molecular flexibility index (Phi) is 3.22. The fourth-order valence-corrected chi connectivity index (χ4v) is 2.06. The summed E-state index contributed by atoms with van der Waals surface area (Å²) in [7, 11) is 1.64. The Morgan fingerprint density at radius 1 is 1.36 bits per heavy atom. The maximum atomic E-state index is 9.84. The molecule has 2 nitrogen and oxygen atoms in total. The lowest BCUT2D eigenvalue weighted by Gasteiger charge is -2.20. The molecular formula is C11H15BrO2. The molecule has 78 valence electrons. The van der Waals surface area contributed by atoms with E-state index in [4.69, 9.17) is 4.74 Å². The van der Waals surface area contributed by atoms with Gasteiger partial charge < -0.3 is 9.84 Å². The summed E-state index contributed by atoms with van der Waals surface area (Å²) in [6, 6.07) is 3.81. The van der Waals surface area contributed by atoms with Crippen molar-refractivity contribution in [1.82, 2.24) is 0 Å². The van der Waals surface area contributed by atoms with Gasteiger partial charge in [-0.25, -0.2) is 0 Å². The lowest BCUT2D eigenvalue weighted by Crippen LogP contribution is -2.15. The molecule has 0 fully saturated rings. The predicted molar refractivity (Wildman–Crippen MR) is 60.7 cm³/mol. The summed E-state index contributed by atoms with van der Waals surface area (Å²) in [6.45, 7) is 5.49. The van der Waals surface area contributed by atoms with Crippen LogP contribution in [0.25, 0.3) is 0 Å². The molecule has 0 aliphatic rings. The summed E-state index contributed by atoms with van der Waals surface area (Å²) in [6.07, 6.45) is 0. The van der Waals surface area contributed by atoms with Crippen molar-refractivity contribution in [3.05, 3.63) is 27.7 Å². The molecule has 0 radical (unpaired) electrons. The molecule has 0 unspecified atom stereocenters. The summed E-state index contributed by atoms with van der Waals surface area (Å²) < 4.78 is 6.09. The summed E-state index contributed by atoms with van der Waals surface area (Å²) in [5.41, 5.74) is 1.07. The number of halogens is 1. The van der Waals surface area contributed by atoms with Gasteiger partial charge in [0.1, 0.15) is 5.75 Å². The number of aliphatic hydroxyl groups is 1. The first kappa shape index (κ1) is 11.5. The monoisotopic (exact) mass is 258 g/mol. The standard InChI is InChI=1S/C11H15BrO2/c1-7-5-8(11(2,3)13)6-9(12)10(7)14-4/h5-6,13H,1-4H3. The maximum Gasteiger partial charge on any atom is 0.135 e. The molecule has 0 aliphatic carbocycles. The van der Waals surface area contributed by atoms with E-state index in [1.165, 1.54) is 0 Å². The lowest BCUT2D eigenvalue weighted by molar-refractivity contribution is 0.0784. The van der Waals surface area contributed by atoms with Crippen molar-refractivity contribution in [1.29, 1.82) is 0 Å². The smallest absolute Gasteiger partial charge is 0.135 e. The lowest BCUT2D eigenvalue weighted by atomic mass is 9.96. The first-order valence-corrected chi connectivity index (χ1v) is 5.22. The second-order valence-electron chi connectivity index (χ2n) is 3.87. The van der Waals surface area contributed by atoms with Crippen molar-refractivity contribution in [3.8, 4) is 5.75 Å². The number of benzene rings is 1. The Bertz CT molecular complexity index is 317. The quantitative estimate of drug-likeness (QED) is 0.884. The van der Waals surface area contributed by atoms with Crippen LogP contribution in [-0.4, -0.2) is 12.2 Å². The fraction of sp³-hybridized carbons (Fsp3) is 0.455. The third-order valence-electron chi connectivity index (χ3n) is 2.14. The summed E-state index contributed by atoms with van der Waals surface area (Å²) in [5, 5.41) is 9.84. The van der Waals surface area contributed by atoms with Crippen LogP contribution in [0.4, 0.5) is 0 Å². The highest BCUT2D eigenvalue weighted by atomic mass is 79.9. The minimum atomic E-state index is -0.820. The fourth-order valence-electron chi connectivity index (χ4n) is 1.34. The second kappa shape index (κ2) is 3.91. The molecule has 0 atom stereocenters. The molecule has 0 amide bonds. The molecule has 1 N–H and O–H groups in total. The maximum absolute atomic E-state index is 9.84. The minimum absolute atomic E-state index is 0.818. The molecule has 14 heavy (non-hydrogen) atoms. The first-order chi connectivity index (χ1) is 6.36. The highest BCUT2D eigenvalue weighted by Gasteiger charge is 2.18. The number of hydrogen-bond donors (Lipinski definition) is 1. The summed E-state index contributed by atoms with van der Waals surface area (Å²) in [5.74, 6) is 0.818. The SMILES string of the molecule is COc1c(C)cc(C(C)(C)O)cc1Br. The molecule has 0 aromatic heterocycles. The van der Waals surface area contributed by atoms with E-state index in [-0.39, 0.29) is 0 Å². The molecular weight excluding hydrogens is 244 g/mol. The molecule has 1 aromatic carbocycles. The van der Waals surface area contributed by atoms with Crippen LogP contribution in [0.2, 0.25) is 0 Å². The number of ether oxygens (including phenoxy) is 1. The average molecular weight is 259 g/mol. The van der Waals surface area contributed by atoms with Crippen LogP contribution in [0.5, 0.6) is 5.75 Å². The van der Waals surface area contributed by atoms with Crippen molar-refractivity contribution in [2.45, 2.75) is 26.4 Å². The minimum Gasteiger partial charge on any atom is -0.495 e. The first-order valence-electron chi connectivity index (χ1n) is 4.43. The normalized spacial score (nSPS) is 11.6. The van der Waals surface area contributed by atoms with E-state index < -0.39 is 5.60 Å². The zero-order valence-corrected chi connectivity index (χ0v) is 10.5.